The van der Waals surface area contributed by atoms with Gasteiger partial charge in [-0.1, -0.05) is 27.8 Å². The molecule has 0 fully saturated rings. The van der Waals surface area contributed by atoms with Crippen molar-refractivity contribution >= 4 is 53.2 Å². The van der Waals surface area contributed by atoms with Crippen molar-refractivity contribution in [2.75, 3.05) is 0 Å². The zero-order valence-corrected chi connectivity index (χ0v) is 7.69. The molecule has 0 aromatic heterocycles. The summed E-state index contributed by atoms with van der Waals surface area (Å²) in [6, 6.07) is 0. The van der Waals surface area contributed by atoms with Crippen LogP contribution in [0, 0.1) is 17.7 Å². The minimum atomic E-state index is -0.790. The second-order valence-electron chi connectivity index (χ2n) is 2.72. The lowest BCUT2D eigenvalue weighted by molar-refractivity contribution is 0.645. The van der Waals surface area contributed by atoms with Crippen LogP contribution < -0.4 is 21.9 Å². The Morgan fingerprint density at radius 2 is 1.36 bits per heavy atom. The lowest BCUT2D eigenvalue weighted by Gasteiger charge is -2.14. The summed E-state index contributed by atoms with van der Waals surface area (Å²) in [4.78, 5) is 0. The molecule has 0 spiro atoms. The maximum absolute atomic E-state index is 13.2. The Morgan fingerprint density at radius 3 is 1.71 bits per heavy atom. The van der Waals surface area contributed by atoms with Crippen LogP contribution in [-0.2, 0) is 0 Å². The Hall–Kier alpha value is -1.03. The van der Waals surface area contributed by atoms with Gasteiger partial charge in [0.2, 0.25) is 0 Å². The van der Waals surface area contributed by atoms with Crippen LogP contribution in [0.2, 0.25) is 0 Å². The van der Waals surface area contributed by atoms with E-state index in [4.69, 9.17) is 31.4 Å². The predicted molar refractivity (Wildman–Crippen MR) is 60.5 cm³/mol. The summed E-state index contributed by atoms with van der Waals surface area (Å²) in [7, 11) is 21.8. The van der Waals surface area contributed by atoms with E-state index in [2.05, 4.69) is 11.8 Å². The fraction of sp³-hybridized carbons (Fsp3) is 0.111. The number of hydrogen-bond acceptors (Lipinski definition) is 0. The topological polar surface area (TPSA) is 0 Å². The van der Waals surface area contributed by atoms with Crippen LogP contribution in [0.1, 0.15) is 12.5 Å². The van der Waals surface area contributed by atoms with Gasteiger partial charge >= 0.3 is 0 Å². The Kier molecular flexibility index (Phi) is 3.16. The van der Waals surface area contributed by atoms with Gasteiger partial charge < -0.3 is 0 Å². The van der Waals surface area contributed by atoms with Gasteiger partial charge in [-0.15, -0.1) is 5.92 Å². The molecule has 0 aliphatic carbocycles. The highest BCUT2D eigenvalue weighted by atomic mass is 19.1. The van der Waals surface area contributed by atoms with Crippen molar-refractivity contribution in [3.05, 3.63) is 11.4 Å². The van der Waals surface area contributed by atoms with Crippen LogP contribution >= 0.6 is 0 Å². The molecular formula is C9H3B4F. The maximum Gasteiger partial charge on any atom is 0.117 e. The molecule has 0 bridgehead atoms. The fourth-order valence-electron chi connectivity index (χ4n) is 1.06. The summed E-state index contributed by atoms with van der Waals surface area (Å²) in [6.07, 6.45) is 0. The maximum atomic E-state index is 13.2. The van der Waals surface area contributed by atoms with Crippen LogP contribution in [0.5, 0.6) is 0 Å². The highest BCUT2D eigenvalue weighted by Crippen LogP contribution is 1.88. The van der Waals surface area contributed by atoms with E-state index in [-0.39, 0.29) is 27.4 Å². The van der Waals surface area contributed by atoms with Gasteiger partial charge in [0.1, 0.15) is 37.2 Å². The number of hydrogen-bond donors (Lipinski definition) is 0. The van der Waals surface area contributed by atoms with Gasteiger partial charge in [-0.3, -0.25) is 0 Å². The molecule has 0 aliphatic rings. The van der Waals surface area contributed by atoms with Gasteiger partial charge in [-0.05, 0) is 6.92 Å². The molecule has 0 aliphatic heterocycles. The van der Waals surface area contributed by atoms with Gasteiger partial charge in [0, 0.05) is 5.56 Å². The molecule has 0 amide bonds. The van der Waals surface area contributed by atoms with Crippen molar-refractivity contribution in [1.82, 2.24) is 0 Å². The molecule has 1 rings (SSSR count). The highest BCUT2D eigenvalue weighted by molar-refractivity contribution is 6.57. The monoisotopic (exact) mass is 174 g/mol. The quantitative estimate of drug-likeness (QED) is 0.298. The highest BCUT2D eigenvalue weighted by Gasteiger charge is 2.10. The molecule has 0 saturated carbocycles. The molecule has 58 valence electrons. The van der Waals surface area contributed by atoms with Gasteiger partial charge in [0.05, 0.1) is 0 Å². The minimum absolute atomic E-state index is 0.0311. The van der Waals surface area contributed by atoms with Crippen molar-refractivity contribution < 1.29 is 4.39 Å². The van der Waals surface area contributed by atoms with Gasteiger partial charge in [-0.25, -0.2) is 4.39 Å². The van der Waals surface area contributed by atoms with Crippen molar-refractivity contribution in [3.63, 3.8) is 0 Å². The smallest absolute Gasteiger partial charge is 0.117 e. The van der Waals surface area contributed by atoms with E-state index in [1.54, 1.807) is 6.92 Å². The zero-order valence-electron chi connectivity index (χ0n) is 7.69. The Morgan fingerprint density at radius 1 is 0.929 bits per heavy atom. The van der Waals surface area contributed by atoms with Crippen molar-refractivity contribution in [2.24, 2.45) is 0 Å². The third-order valence-electron chi connectivity index (χ3n) is 1.84. The normalized spacial score (nSPS) is 9.29. The molecule has 8 radical (unpaired) electrons. The largest absolute Gasteiger partial charge is 0.208 e. The summed E-state index contributed by atoms with van der Waals surface area (Å²) in [5.41, 5.74) is -0.0834. The average Bonchev–Trinajstić information content (AvgIpc) is 2.19. The first-order valence-electron chi connectivity index (χ1n) is 3.84. The van der Waals surface area contributed by atoms with Gasteiger partial charge in [0.15, 0.2) is 0 Å². The fourth-order valence-corrected chi connectivity index (χ4v) is 1.06. The Labute approximate surface area is 88.3 Å². The molecule has 0 unspecified atom stereocenters. The second kappa shape index (κ2) is 4.00. The summed E-state index contributed by atoms with van der Waals surface area (Å²) in [5.74, 6) is 4.43. The van der Waals surface area contributed by atoms with Crippen LogP contribution in [-0.4, -0.2) is 31.4 Å². The first-order chi connectivity index (χ1) is 6.50. The third-order valence-corrected chi connectivity index (χ3v) is 1.84. The molecule has 14 heavy (non-hydrogen) atoms. The van der Waals surface area contributed by atoms with E-state index in [1.165, 1.54) is 0 Å². The molecule has 1 aromatic carbocycles. The van der Waals surface area contributed by atoms with Crippen molar-refractivity contribution in [1.29, 1.82) is 0 Å². The summed E-state index contributed by atoms with van der Waals surface area (Å²) in [5, 5.41) is 0. The second-order valence-corrected chi connectivity index (χ2v) is 2.72. The molecule has 5 heteroatoms. The lowest BCUT2D eigenvalue weighted by Crippen LogP contribution is -2.46. The van der Waals surface area contributed by atoms with Crippen LogP contribution in [0.25, 0.3) is 0 Å². The van der Waals surface area contributed by atoms with Crippen LogP contribution in [0.15, 0.2) is 0 Å². The van der Waals surface area contributed by atoms with Crippen LogP contribution in [0.3, 0.4) is 0 Å². The number of rotatable bonds is 0. The average molecular weight is 173 g/mol. The van der Waals surface area contributed by atoms with Crippen molar-refractivity contribution in [3.8, 4) is 11.8 Å². The third kappa shape index (κ3) is 1.62. The van der Waals surface area contributed by atoms with E-state index in [0.717, 1.165) is 0 Å². The van der Waals surface area contributed by atoms with Crippen molar-refractivity contribution in [2.45, 2.75) is 6.92 Å². The number of benzene rings is 1. The van der Waals surface area contributed by atoms with E-state index in [9.17, 15) is 4.39 Å². The Balaban J connectivity index is 3.65. The molecular weight excluding hydrogens is 170 g/mol. The molecule has 1 aromatic rings. The summed E-state index contributed by atoms with van der Waals surface area (Å²) in [6.45, 7) is 1.61. The Bertz CT molecular complexity index is 413. The van der Waals surface area contributed by atoms with Crippen LogP contribution in [0.4, 0.5) is 4.39 Å². The summed E-state index contributed by atoms with van der Waals surface area (Å²) >= 11 is 0. The zero-order chi connectivity index (χ0) is 10.9. The first-order valence-corrected chi connectivity index (χ1v) is 3.84. The molecule has 0 saturated heterocycles. The summed E-state index contributed by atoms with van der Waals surface area (Å²) < 4.78 is 13.2. The first kappa shape index (κ1) is 11.0. The van der Waals surface area contributed by atoms with E-state index in [1.807, 2.05) is 0 Å². The standard InChI is InChI=1S/C9H3B4F/c1-2-3-4-5(10)7(12)9(14)8(13)6(4)11/h1H3. The van der Waals surface area contributed by atoms with Gasteiger partial charge in [-0.2, -0.15) is 0 Å². The molecule has 0 heterocycles. The van der Waals surface area contributed by atoms with E-state index >= 15 is 0 Å². The predicted octanol–water partition coefficient (Wildman–Crippen LogP) is -2.63. The lowest BCUT2D eigenvalue weighted by atomic mass is 9.67. The molecule has 0 nitrogen and oxygen atoms in total. The van der Waals surface area contributed by atoms with E-state index in [0.29, 0.717) is 0 Å². The SMILES string of the molecule is [B]c1c([B])c(C#CC)c([B])c([B])c1F. The minimum Gasteiger partial charge on any atom is -0.208 e. The van der Waals surface area contributed by atoms with Gasteiger partial charge in [0.25, 0.3) is 0 Å². The number of halogens is 1. The van der Waals surface area contributed by atoms with E-state index < -0.39 is 5.82 Å². The molecule has 0 N–H and O–H groups in total. The molecule has 0 atom stereocenters.